The summed E-state index contributed by atoms with van der Waals surface area (Å²) < 4.78 is 53.6. The van der Waals surface area contributed by atoms with Crippen molar-refractivity contribution in [2.75, 3.05) is 12.8 Å². The van der Waals surface area contributed by atoms with Gasteiger partial charge in [0.15, 0.2) is 0 Å². The number of likely N-dealkylation sites (tertiary alicyclic amines) is 1. The molecule has 168 valence electrons. The fourth-order valence-corrected chi connectivity index (χ4v) is 6.11. The van der Waals surface area contributed by atoms with E-state index < -0.39 is 27.7 Å². The first kappa shape index (κ1) is 22.3. The second-order valence-electron chi connectivity index (χ2n) is 8.77. The summed E-state index contributed by atoms with van der Waals surface area (Å²) in [6, 6.07) is 2.49. The predicted molar refractivity (Wildman–Crippen MR) is 115 cm³/mol. The molecule has 1 saturated heterocycles. The van der Waals surface area contributed by atoms with Crippen molar-refractivity contribution in [2.24, 2.45) is 5.41 Å². The fraction of sp³-hybridized carbons (Fsp3) is 0.524. The molecule has 31 heavy (non-hydrogen) atoms. The van der Waals surface area contributed by atoms with Crippen LogP contribution in [0.15, 0.2) is 23.6 Å². The monoisotopic (exact) mass is 469 g/mol. The van der Waals surface area contributed by atoms with Crippen molar-refractivity contribution < 1.29 is 22.0 Å². The molecule has 0 bridgehead atoms. The molecule has 1 aromatic carbocycles. The summed E-state index contributed by atoms with van der Waals surface area (Å²) >= 11 is 1.26. The highest BCUT2D eigenvalue weighted by atomic mass is 32.2. The van der Waals surface area contributed by atoms with E-state index in [0.29, 0.717) is 35.7 Å². The molecule has 2 aromatic rings. The third-order valence-corrected chi connectivity index (χ3v) is 7.90. The Balaban J connectivity index is 1.59. The molecule has 2 aliphatic rings. The van der Waals surface area contributed by atoms with Crippen LogP contribution in [0.3, 0.4) is 0 Å². The fourth-order valence-electron chi connectivity index (χ4n) is 4.46. The van der Waals surface area contributed by atoms with E-state index in [1.54, 1.807) is 10.3 Å². The Morgan fingerprint density at radius 3 is 2.55 bits per heavy atom. The second kappa shape index (κ2) is 8.22. The Hall–Kier alpha value is -1.91. The maximum atomic E-state index is 13.6. The molecule has 2 heterocycles. The van der Waals surface area contributed by atoms with Crippen molar-refractivity contribution >= 4 is 27.3 Å². The van der Waals surface area contributed by atoms with Crippen LogP contribution in [0.1, 0.15) is 38.3 Å². The van der Waals surface area contributed by atoms with E-state index >= 15 is 0 Å². The molecule has 1 N–H and O–H groups in total. The molecule has 1 amide bonds. The molecule has 6 nitrogen and oxygen atoms in total. The first-order valence-electron chi connectivity index (χ1n) is 10.2. The normalized spacial score (nSPS) is 23.0. The van der Waals surface area contributed by atoms with Gasteiger partial charge in [-0.2, -0.15) is 0 Å². The summed E-state index contributed by atoms with van der Waals surface area (Å²) in [5.74, 6) is -1.29. The van der Waals surface area contributed by atoms with Gasteiger partial charge in [0.2, 0.25) is 15.9 Å². The van der Waals surface area contributed by atoms with Gasteiger partial charge in [-0.25, -0.2) is 26.9 Å². The van der Waals surface area contributed by atoms with Gasteiger partial charge in [-0.15, -0.1) is 11.3 Å². The Labute approximate surface area is 184 Å². The highest BCUT2D eigenvalue weighted by molar-refractivity contribution is 7.88. The number of hydrogen-bond donors (Lipinski definition) is 1. The minimum absolute atomic E-state index is 0.0594. The average molecular weight is 470 g/mol. The smallest absolute Gasteiger partial charge is 0.228 e. The lowest BCUT2D eigenvalue weighted by molar-refractivity contribution is -0.147. The van der Waals surface area contributed by atoms with Gasteiger partial charge in [-0.1, -0.05) is 13.3 Å². The molecule has 0 spiro atoms. The number of sulfonamides is 1. The van der Waals surface area contributed by atoms with Gasteiger partial charge in [-0.3, -0.25) is 4.79 Å². The summed E-state index contributed by atoms with van der Waals surface area (Å²) in [6.45, 7) is 2.45. The second-order valence-corrected chi connectivity index (χ2v) is 11.4. The maximum absolute atomic E-state index is 13.6. The number of thiazole rings is 1. The van der Waals surface area contributed by atoms with Gasteiger partial charge < -0.3 is 4.90 Å². The molecule has 1 unspecified atom stereocenters. The van der Waals surface area contributed by atoms with Crippen molar-refractivity contribution in [3.05, 3.63) is 40.9 Å². The number of halogens is 2. The van der Waals surface area contributed by atoms with E-state index in [9.17, 15) is 22.0 Å². The number of hydrogen-bond acceptors (Lipinski definition) is 5. The van der Waals surface area contributed by atoms with Crippen LogP contribution in [0.25, 0.3) is 10.6 Å². The minimum atomic E-state index is -3.45. The van der Waals surface area contributed by atoms with E-state index in [2.05, 4.69) is 9.71 Å². The molecule has 2 atom stereocenters. The number of nitrogens with one attached hydrogen (secondary N) is 1. The zero-order valence-electron chi connectivity index (χ0n) is 17.4. The SMILES string of the molecule is CC1(C(=O)N2CCC(NS(C)(=O)=O)[C@@H]2Cc2csc(-c3cc(F)cc(F)c3)n2)CCC1. The van der Waals surface area contributed by atoms with Crippen LogP contribution in [0.5, 0.6) is 0 Å². The number of benzene rings is 1. The van der Waals surface area contributed by atoms with Gasteiger partial charge >= 0.3 is 0 Å². The number of aromatic nitrogens is 1. The minimum Gasteiger partial charge on any atom is -0.337 e. The van der Waals surface area contributed by atoms with Crippen LogP contribution in [0.2, 0.25) is 0 Å². The number of carbonyl (C=O) groups excluding carboxylic acids is 1. The number of rotatable bonds is 6. The number of amides is 1. The Kier molecular flexibility index (Phi) is 5.91. The summed E-state index contributed by atoms with van der Waals surface area (Å²) in [5, 5.41) is 2.27. The van der Waals surface area contributed by atoms with Crippen molar-refractivity contribution in [3.8, 4) is 10.6 Å². The Bertz CT molecular complexity index is 1080. The van der Waals surface area contributed by atoms with Gasteiger partial charge in [0.05, 0.1) is 18.0 Å². The van der Waals surface area contributed by atoms with E-state index in [0.717, 1.165) is 31.6 Å². The van der Waals surface area contributed by atoms with Gasteiger partial charge in [0.25, 0.3) is 0 Å². The first-order valence-corrected chi connectivity index (χ1v) is 13.0. The van der Waals surface area contributed by atoms with Crippen molar-refractivity contribution in [2.45, 2.75) is 51.1 Å². The van der Waals surface area contributed by atoms with Crippen LogP contribution >= 0.6 is 11.3 Å². The molecule has 1 aliphatic carbocycles. The Morgan fingerprint density at radius 2 is 1.97 bits per heavy atom. The van der Waals surface area contributed by atoms with Crippen LogP contribution in [-0.4, -0.2) is 49.1 Å². The van der Waals surface area contributed by atoms with Gasteiger partial charge in [0.1, 0.15) is 16.6 Å². The lowest BCUT2D eigenvalue weighted by Crippen LogP contribution is -2.52. The Morgan fingerprint density at radius 1 is 1.29 bits per heavy atom. The van der Waals surface area contributed by atoms with Crippen LogP contribution < -0.4 is 4.72 Å². The molecular formula is C21H25F2N3O3S2. The molecule has 1 aliphatic heterocycles. The summed E-state index contributed by atoms with van der Waals surface area (Å²) in [6.07, 6.45) is 4.71. The van der Waals surface area contributed by atoms with Gasteiger partial charge in [-0.05, 0) is 31.4 Å². The number of nitrogens with zero attached hydrogens (tertiary/aromatic N) is 2. The van der Waals surface area contributed by atoms with Crippen molar-refractivity contribution in [1.82, 2.24) is 14.6 Å². The quantitative estimate of drug-likeness (QED) is 0.704. The lowest BCUT2D eigenvalue weighted by Gasteiger charge is -2.41. The molecule has 10 heteroatoms. The average Bonchev–Trinajstić information content (AvgIpc) is 3.25. The number of carbonyl (C=O) groups is 1. The first-order chi connectivity index (χ1) is 14.5. The van der Waals surface area contributed by atoms with Crippen molar-refractivity contribution in [3.63, 3.8) is 0 Å². The van der Waals surface area contributed by atoms with E-state index in [4.69, 9.17) is 0 Å². The van der Waals surface area contributed by atoms with Crippen LogP contribution in [0.4, 0.5) is 8.78 Å². The highest BCUT2D eigenvalue weighted by Gasteiger charge is 2.47. The van der Waals surface area contributed by atoms with Crippen molar-refractivity contribution in [1.29, 1.82) is 0 Å². The molecule has 4 rings (SSSR count). The zero-order valence-corrected chi connectivity index (χ0v) is 19.0. The molecule has 0 radical (unpaired) electrons. The zero-order chi connectivity index (χ0) is 22.4. The van der Waals surface area contributed by atoms with E-state index in [-0.39, 0.29) is 17.4 Å². The van der Waals surface area contributed by atoms with Gasteiger partial charge in [0, 0.05) is 41.4 Å². The summed E-state index contributed by atoms with van der Waals surface area (Å²) in [4.78, 5) is 19.5. The van der Waals surface area contributed by atoms with Crippen LogP contribution in [0, 0.1) is 17.0 Å². The molecule has 1 saturated carbocycles. The van der Waals surface area contributed by atoms with E-state index in [1.807, 2.05) is 6.92 Å². The highest BCUT2D eigenvalue weighted by Crippen LogP contribution is 2.43. The van der Waals surface area contributed by atoms with E-state index in [1.165, 1.54) is 23.5 Å². The largest absolute Gasteiger partial charge is 0.337 e. The summed E-state index contributed by atoms with van der Waals surface area (Å²) in [7, 11) is -3.45. The molecule has 1 aromatic heterocycles. The molecule has 2 fully saturated rings. The lowest BCUT2D eigenvalue weighted by atomic mass is 9.69. The summed E-state index contributed by atoms with van der Waals surface area (Å²) in [5.41, 5.74) is 0.624. The maximum Gasteiger partial charge on any atom is 0.228 e. The predicted octanol–water partition coefficient (Wildman–Crippen LogP) is 3.34. The molecular weight excluding hydrogens is 444 g/mol. The third kappa shape index (κ3) is 4.80. The topological polar surface area (TPSA) is 79.4 Å². The third-order valence-electron chi connectivity index (χ3n) is 6.23. The standard InChI is InChI=1S/C21H25F2N3O3S2/c1-21(5-3-6-21)20(27)26-7-4-17(25-31(2,28)29)18(26)11-16-12-30-19(24-16)13-8-14(22)10-15(23)9-13/h8-10,12,17-18,25H,3-7,11H2,1-2H3/t17?,18-/m0/s1. The van der Waals surface area contributed by atoms with Crippen LogP contribution in [-0.2, 0) is 21.2 Å².